The highest BCUT2D eigenvalue weighted by molar-refractivity contribution is 7.89. The Morgan fingerprint density at radius 2 is 1.77 bits per heavy atom. The third-order valence-corrected chi connectivity index (χ3v) is 12.1. The Hall–Kier alpha value is -3.56. The van der Waals surface area contributed by atoms with Gasteiger partial charge >= 0.3 is 5.97 Å². The lowest BCUT2D eigenvalue weighted by Crippen LogP contribution is -2.59. The van der Waals surface area contributed by atoms with E-state index in [1.54, 1.807) is 24.3 Å². The summed E-state index contributed by atoms with van der Waals surface area (Å²) >= 11 is 1.07. The summed E-state index contributed by atoms with van der Waals surface area (Å²) in [5.74, 6) is -2.43. The van der Waals surface area contributed by atoms with Crippen molar-refractivity contribution < 1.29 is 32.3 Å². The van der Waals surface area contributed by atoms with Crippen LogP contribution < -0.4 is 15.8 Å². The van der Waals surface area contributed by atoms with E-state index in [0.29, 0.717) is 29.2 Å². The molecule has 15 heteroatoms. The van der Waals surface area contributed by atoms with Crippen LogP contribution >= 0.6 is 11.3 Å². The number of amides is 3. The van der Waals surface area contributed by atoms with Crippen LogP contribution in [0.4, 0.5) is 5.69 Å². The number of carbonyl (C=O) groups is 4. The Labute approximate surface area is 319 Å². The van der Waals surface area contributed by atoms with Crippen LogP contribution in [0, 0.1) is 11.8 Å². The number of nitrogens with two attached hydrogens (primary N) is 1. The van der Waals surface area contributed by atoms with Crippen molar-refractivity contribution in [1.29, 1.82) is 0 Å². The molecule has 1 fully saturated rings. The van der Waals surface area contributed by atoms with Gasteiger partial charge < -0.3 is 20.7 Å². The zero-order valence-electron chi connectivity index (χ0n) is 32.4. The molecule has 13 nitrogen and oxygen atoms in total. The second kappa shape index (κ2) is 20.8. The van der Waals surface area contributed by atoms with E-state index in [1.165, 1.54) is 12.3 Å². The maximum absolute atomic E-state index is 14.7. The molecule has 1 aromatic heterocycles. The van der Waals surface area contributed by atoms with E-state index >= 15 is 0 Å². The van der Waals surface area contributed by atoms with E-state index in [9.17, 15) is 27.6 Å². The predicted octanol–water partition coefficient (Wildman–Crippen LogP) is 5.43. The van der Waals surface area contributed by atoms with Crippen molar-refractivity contribution in [2.75, 3.05) is 25.9 Å². The van der Waals surface area contributed by atoms with Gasteiger partial charge in [-0.1, -0.05) is 78.9 Å². The molecule has 0 saturated carbocycles. The van der Waals surface area contributed by atoms with Gasteiger partial charge in [-0.05, 0) is 62.4 Å². The monoisotopic (exact) mass is 776 g/mol. The maximum atomic E-state index is 14.7. The molecule has 2 aromatic rings. The molecule has 3 rings (SSSR count). The number of nitrogens with zero attached hydrogens (tertiary/aromatic N) is 3. The zero-order chi connectivity index (χ0) is 39.3. The first kappa shape index (κ1) is 43.8. The fourth-order valence-corrected chi connectivity index (χ4v) is 8.58. The third-order valence-electron chi connectivity index (χ3n) is 9.93. The van der Waals surface area contributed by atoms with Gasteiger partial charge in [0.2, 0.25) is 21.8 Å². The van der Waals surface area contributed by atoms with Gasteiger partial charge in [-0.2, -0.15) is 0 Å². The molecule has 1 aliphatic rings. The molecule has 0 aliphatic carbocycles. The number of piperidine rings is 1. The third kappa shape index (κ3) is 13.4. The van der Waals surface area contributed by atoms with E-state index in [1.807, 2.05) is 39.6 Å². The van der Waals surface area contributed by atoms with Gasteiger partial charge in [0.05, 0.1) is 11.8 Å². The number of esters is 1. The van der Waals surface area contributed by atoms with Crippen LogP contribution in [0.3, 0.4) is 0 Å². The van der Waals surface area contributed by atoms with Crippen molar-refractivity contribution in [2.24, 2.45) is 11.8 Å². The number of likely N-dealkylation sites (tertiary alicyclic amines) is 1. The van der Waals surface area contributed by atoms with Crippen molar-refractivity contribution >= 4 is 50.7 Å². The lowest BCUT2D eigenvalue weighted by molar-refractivity contribution is -0.149. The van der Waals surface area contributed by atoms with Crippen LogP contribution in [-0.4, -0.2) is 85.2 Å². The fraction of sp³-hybridized carbons (Fsp3) is 0.658. The summed E-state index contributed by atoms with van der Waals surface area (Å²) in [7, 11) is -2.12. The molecule has 0 spiro atoms. The predicted molar refractivity (Wildman–Crippen MR) is 208 cm³/mol. The number of ether oxygens (including phenoxy) is 1. The first-order valence-corrected chi connectivity index (χ1v) is 21.4. The summed E-state index contributed by atoms with van der Waals surface area (Å²) in [6.45, 7) is 12.7. The summed E-state index contributed by atoms with van der Waals surface area (Å²) in [5, 5.41) is 4.87. The molecule has 0 unspecified atom stereocenters. The van der Waals surface area contributed by atoms with Gasteiger partial charge in [0, 0.05) is 37.0 Å². The average molecular weight is 777 g/mol. The van der Waals surface area contributed by atoms with Crippen molar-refractivity contribution in [3.05, 3.63) is 45.9 Å². The summed E-state index contributed by atoms with van der Waals surface area (Å²) in [6.07, 6.45) is 6.42. The van der Waals surface area contributed by atoms with Gasteiger partial charge in [0.25, 0.3) is 5.91 Å². The summed E-state index contributed by atoms with van der Waals surface area (Å²) in [5.41, 5.74) is 6.51. The number of thiazole rings is 1. The largest absolute Gasteiger partial charge is 0.455 e. The molecule has 0 radical (unpaired) electrons. The van der Waals surface area contributed by atoms with Gasteiger partial charge in [-0.25, -0.2) is 18.1 Å². The molecule has 5 atom stereocenters. The van der Waals surface area contributed by atoms with E-state index in [2.05, 4.69) is 26.8 Å². The van der Waals surface area contributed by atoms with E-state index in [4.69, 9.17) is 10.5 Å². The van der Waals surface area contributed by atoms with Crippen LogP contribution in [-0.2, 0) is 34.9 Å². The van der Waals surface area contributed by atoms with Crippen molar-refractivity contribution in [1.82, 2.24) is 24.8 Å². The maximum Gasteiger partial charge on any atom is 0.303 e. The van der Waals surface area contributed by atoms with Gasteiger partial charge in [-0.3, -0.25) is 24.1 Å². The normalized spacial score (nSPS) is 17.4. The second-order valence-electron chi connectivity index (χ2n) is 14.6. The Bertz CT molecular complexity index is 1610. The molecule has 1 aromatic carbocycles. The number of benzene rings is 1. The minimum absolute atomic E-state index is 0.0813. The highest BCUT2D eigenvalue weighted by atomic mass is 32.2. The number of anilines is 1. The Morgan fingerprint density at radius 3 is 2.38 bits per heavy atom. The van der Waals surface area contributed by atoms with Crippen LogP contribution in [0.1, 0.15) is 126 Å². The SMILES string of the molecule is CCCCCCN(C(=O)[C@@H](NC(=O)[C@H]1CCCCN1C)[C@@H](C)CC)[C@H](C[C@@H](OC(C)=O)c1nc(C(=O)NS(=O)(=O)Cc2ccc(N)cc2)cs1)C(C)C. The van der Waals surface area contributed by atoms with Gasteiger partial charge in [0.15, 0.2) is 6.10 Å². The highest BCUT2D eigenvalue weighted by Crippen LogP contribution is 2.32. The molecule has 296 valence electrons. The Morgan fingerprint density at radius 1 is 1.08 bits per heavy atom. The molecule has 2 heterocycles. The number of hydrogen-bond acceptors (Lipinski definition) is 11. The number of sulfonamides is 1. The fourth-order valence-electron chi connectivity index (χ4n) is 6.65. The topological polar surface area (TPSA) is 181 Å². The molecule has 0 bridgehead atoms. The molecule has 53 heavy (non-hydrogen) atoms. The number of aromatic nitrogens is 1. The number of nitrogen functional groups attached to an aromatic ring is 1. The summed E-state index contributed by atoms with van der Waals surface area (Å²) < 4.78 is 33.5. The minimum Gasteiger partial charge on any atom is -0.455 e. The minimum atomic E-state index is -4.06. The lowest BCUT2D eigenvalue weighted by atomic mass is 9.91. The van der Waals surface area contributed by atoms with Crippen LogP contribution in [0.5, 0.6) is 0 Å². The number of unbranched alkanes of at least 4 members (excludes halogenated alkanes) is 3. The van der Waals surface area contributed by atoms with Crippen LogP contribution in [0.15, 0.2) is 29.6 Å². The van der Waals surface area contributed by atoms with E-state index in [-0.39, 0.29) is 41.8 Å². The first-order valence-electron chi connectivity index (χ1n) is 18.9. The molecule has 1 aliphatic heterocycles. The zero-order valence-corrected chi connectivity index (χ0v) is 34.1. The van der Waals surface area contributed by atoms with Crippen molar-refractivity contribution in [3.8, 4) is 0 Å². The second-order valence-corrected chi connectivity index (χ2v) is 17.2. The molecular formula is C38H60N6O7S2. The lowest BCUT2D eigenvalue weighted by Gasteiger charge is -2.40. The molecule has 3 amide bonds. The Kier molecular flexibility index (Phi) is 17.2. The van der Waals surface area contributed by atoms with Crippen molar-refractivity contribution in [2.45, 2.75) is 129 Å². The number of nitrogens with one attached hydrogen (secondary N) is 2. The standard InChI is InChI=1S/C38H60N6O7S2/c1-8-10-11-13-21-44(38(48)34(26(5)9-2)41-36(47)31-15-12-14-20-43(31)7)32(25(3)4)22-33(51-27(6)45)37-40-30(23-52-37)35(46)42-53(49,50)24-28-16-18-29(39)19-17-28/h16-19,23,25-26,31-34H,8-15,20-22,24,39H2,1-7H3,(H,41,47)(H,42,46)/t26-,31+,32+,33+,34-/m0/s1. The summed E-state index contributed by atoms with van der Waals surface area (Å²) in [6, 6.07) is 4.84. The first-order chi connectivity index (χ1) is 25.1. The van der Waals surface area contributed by atoms with E-state index in [0.717, 1.165) is 62.8 Å². The highest BCUT2D eigenvalue weighted by Gasteiger charge is 2.38. The number of rotatable bonds is 20. The smallest absolute Gasteiger partial charge is 0.303 e. The molecular weight excluding hydrogens is 717 g/mol. The number of carbonyl (C=O) groups excluding carboxylic acids is 4. The van der Waals surface area contributed by atoms with Crippen molar-refractivity contribution in [3.63, 3.8) is 0 Å². The van der Waals surface area contributed by atoms with Crippen LogP contribution in [0.2, 0.25) is 0 Å². The van der Waals surface area contributed by atoms with Crippen LogP contribution in [0.25, 0.3) is 0 Å². The van der Waals surface area contributed by atoms with Gasteiger partial charge in [-0.15, -0.1) is 11.3 Å². The van der Waals surface area contributed by atoms with Gasteiger partial charge in [0.1, 0.15) is 16.7 Å². The quantitative estimate of drug-likeness (QED) is 0.0892. The molecule has 4 N–H and O–H groups in total. The van der Waals surface area contributed by atoms with E-state index < -0.39 is 45.8 Å². The number of hydrogen-bond donors (Lipinski definition) is 3. The Balaban J connectivity index is 1.90. The summed E-state index contributed by atoms with van der Waals surface area (Å²) in [4.78, 5) is 62.2. The number of likely N-dealkylation sites (N-methyl/N-ethyl adjacent to an activating group) is 1. The average Bonchev–Trinajstić information content (AvgIpc) is 3.60. The molecule has 1 saturated heterocycles.